The minimum Gasteiger partial charge on any atom is -0.381 e. The number of primary amides is 1. The number of hydrogen-bond acceptors (Lipinski definition) is 9. The Hall–Kier alpha value is -2.20. The second kappa shape index (κ2) is 6.99. The van der Waals surface area contributed by atoms with Gasteiger partial charge in [0.05, 0.1) is 6.54 Å². The molecule has 1 aliphatic rings. The van der Waals surface area contributed by atoms with Gasteiger partial charge in [-0.3, -0.25) is 10.2 Å². The summed E-state index contributed by atoms with van der Waals surface area (Å²) in [7, 11) is 0. The summed E-state index contributed by atoms with van der Waals surface area (Å²) < 4.78 is 0. The summed E-state index contributed by atoms with van der Waals surface area (Å²) in [6.07, 6.45) is 2.05. The number of nitrogens with two attached hydrogens (primary N) is 2. The van der Waals surface area contributed by atoms with Gasteiger partial charge in [-0.25, -0.2) is 5.84 Å². The molecule has 1 aromatic rings. The molecule has 7 N–H and O–H groups in total. The first-order valence-electron chi connectivity index (χ1n) is 6.79. The molecule has 2 heterocycles. The number of rotatable bonds is 6. The molecule has 10 heteroatoms. The number of nitrogens with zero attached hydrogens (tertiary/aromatic N) is 4. The fourth-order valence-corrected chi connectivity index (χ4v) is 2.03. The van der Waals surface area contributed by atoms with Crippen molar-refractivity contribution in [2.75, 3.05) is 35.3 Å². The fourth-order valence-electron chi connectivity index (χ4n) is 2.03. The number of carbonyl (C=O) groups is 1. The van der Waals surface area contributed by atoms with Crippen molar-refractivity contribution in [3.63, 3.8) is 0 Å². The molecule has 0 bridgehead atoms. The van der Waals surface area contributed by atoms with E-state index in [0.717, 1.165) is 25.9 Å². The molecule has 0 radical (unpaired) electrons. The largest absolute Gasteiger partial charge is 0.381 e. The fraction of sp³-hybridized carbons (Fsp3) is 0.636. The molecule has 1 aliphatic heterocycles. The summed E-state index contributed by atoms with van der Waals surface area (Å²) in [5, 5.41) is 12.1. The van der Waals surface area contributed by atoms with Gasteiger partial charge in [-0.2, -0.15) is 15.0 Å². The number of hydrogen-bond donors (Lipinski definition) is 5. The zero-order valence-electron chi connectivity index (χ0n) is 11.6. The van der Waals surface area contributed by atoms with Crippen LogP contribution in [-0.2, 0) is 4.79 Å². The van der Waals surface area contributed by atoms with Crippen LogP contribution in [0.5, 0.6) is 0 Å². The van der Waals surface area contributed by atoms with Gasteiger partial charge in [-0.1, -0.05) is 0 Å². The third kappa shape index (κ3) is 4.13. The maximum atomic E-state index is 10.8. The van der Waals surface area contributed by atoms with E-state index in [9.17, 15) is 9.90 Å². The molecule has 1 fully saturated rings. The van der Waals surface area contributed by atoms with Crippen molar-refractivity contribution in [3.8, 4) is 0 Å². The number of hydrazine groups is 1. The molecule has 1 saturated heterocycles. The van der Waals surface area contributed by atoms with Crippen LogP contribution in [0.4, 0.5) is 17.8 Å². The SMILES string of the molecule is NNc1nc(NCC(O)C(N)=O)nc(N2CCCCC2)n1. The minimum absolute atomic E-state index is 0.0806. The Balaban J connectivity index is 2.11. The summed E-state index contributed by atoms with van der Waals surface area (Å²) in [5.41, 5.74) is 7.35. The number of aromatic nitrogens is 3. The number of carbonyl (C=O) groups excluding carboxylic acids is 1. The van der Waals surface area contributed by atoms with Crippen molar-refractivity contribution in [1.82, 2.24) is 15.0 Å². The highest BCUT2D eigenvalue weighted by atomic mass is 16.3. The smallest absolute Gasteiger partial charge is 0.248 e. The average Bonchev–Trinajstić information content (AvgIpc) is 2.52. The molecule has 1 unspecified atom stereocenters. The van der Waals surface area contributed by atoms with E-state index in [4.69, 9.17) is 11.6 Å². The summed E-state index contributed by atoms with van der Waals surface area (Å²) in [5.74, 6) is 5.47. The van der Waals surface area contributed by atoms with Crippen molar-refractivity contribution in [3.05, 3.63) is 0 Å². The maximum Gasteiger partial charge on any atom is 0.248 e. The molecule has 0 saturated carbocycles. The molecule has 1 amide bonds. The van der Waals surface area contributed by atoms with Crippen molar-refractivity contribution in [2.45, 2.75) is 25.4 Å². The van der Waals surface area contributed by atoms with Crippen LogP contribution in [0.1, 0.15) is 19.3 Å². The van der Waals surface area contributed by atoms with Crippen LogP contribution in [0, 0.1) is 0 Å². The van der Waals surface area contributed by atoms with Crippen LogP contribution >= 0.6 is 0 Å². The van der Waals surface area contributed by atoms with E-state index < -0.39 is 12.0 Å². The standard InChI is InChI=1S/C11H20N8O2/c12-8(21)7(20)6-14-9-15-10(18-13)17-11(16-9)19-4-2-1-3-5-19/h7,20H,1-6,13H2,(H2,12,21)(H2,14,15,16,17,18). The summed E-state index contributed by atoms with van der Waals surface area (Å²) in [4.78, 5) is 25.3. The van der Waals surface area contributed by atoms with Crippen molar-refractivity contribution < 1.29 is 9.90 Å². The lowest BCUT2D eigenvalue weighted by atomic mass is 10.1. The predicted molar refractivity (Wildman–Crippen MR) is 77.4 cm³/mol. The average molecular weight is 296 g/mol. The van der Waals surface area contributed by atoms with Gasteiger partial charge in [0.1, 0.15) is 6.10 Å². The highest BCUT2D eigenvalue weighted by molar-refractivity contribution is 5.79. The van der Waals surface area contributed by atoms with Crippen LogP contribution in [0.3, 0.4) is 0 Å². The molecule has 1 atom stereocenters. The first-order chi connectivity index (χ1) is 10.1. The molecular weight excluding hydrogens is 276 g/mol. The molecule has 21 heavy (non-hydrogen) atoms. The number of nitrogens with one attached hydrogen (secondary N) is 2. The molecule has 116 valence electrons. The van der Waals surface area contributed by atoms with E-state index in [0.29, 0.717) is 5.95 Å². The van der Waals surface area contributed by atoms with E-state index in [1.807, 2.05) is 4.90 Å². The van der Waals surface area contributed by atoms with E-state index in [-0.39, 0.29) is 18.4 Å². The number of amides is 1. The van der Waals surface area contributed by atoms with Gasteiger partial charge in [0.25, 0.3) is 0 Å². The number of aliphatic hydroxyl groups excluding tert-OH is 1. The van der Waals surface area contributed by atoms with Gasteiger partial charge in [-0.05, 0) is 19.3 Å². The lowest BCUT2D eigenvalue weighted by Gasteiger charge is -2.26. The third-order valence-corrected chi connectivity index (χ3v) is 3.17. The van der Waals surface area contributed by atoms with Crippen LogP contribution in [0.25, 0.3) is 0 Å². The number of nitrogen functional groups attached to an aromatic ring is 1. The zero-order chi connectivity index (χ0) is 15.2. The molecule has 10 nitrogen and oxygen atoms in total. The topological polar surface area (TPSA) is 155 Å². The lowest BCUT2D eigenvalue weighted by molar-refractivity contribution is -0.125. The van der Waals surface area contributed by atoms with E-state index in [2.05, 4.69) is 25.7 Å². The van der Waals surface area contributed by atoms with Gasteiger partial charge in [-0.15, -0.1) is 0 Å². The number of aliphatic hydroxyl groups is 1. The van der Waals surface area contributed by atoms with E-state index >= 15 is 0 Å². The van der Waals surface area contributed by atoms with Gasteiger partial charge in [0.15, 0.2) is 0 Å². The van der Waals surface area contributed by atoms with Gasteiger partial charge < -0.3 is 21.1 Å². The Morgan fingerprint density at radius 2 is 1.90 bits per heavy atom. The summed E-state index contributed by atoms with van der Waals surface area (Å²) in [6.45, 7) is 1.66. The van der Waals surface area contributed by atoms with Crippen LogP contribution in [0.2, 0.25) is 0 Å². The molecule has 2 rings (SSSR count). The molecular formula is C11H20N8O2. The van der Waals surface area contributed by atoms with Crippen molar-refractivity contribution in [1.29, 1.82) is 0 Å². The molecule has 1 aromatic heterocycles. The van der Waals surface area contributed by atoms with Crippen molar-refractivity contribution in [2.24, 2.45) is 11.6 Å². The molecule has 0 spiro atoms. The lowest BCUT2D eigenvalue weighted by Crippen LogP contribution is -2.35. The highest BCUT2D eigenvalue weighted by Crippen LogP contribution is 2.18. The monoisotopic (exact) mass is 296 g/mol. The van der Waals surface area contributed by atoms with Crippen LogP contribution < -0.4 is 27.2 Å². The quantitative estimate of drug-likeness (QED) is 0.308. The zero-order valence-corrected chi connectivity index (χ0v) is 11.6. The number of piperidine rings is 1. The summed E-state index contributed by atoms with van der Waals surface area (Å²) in [6, 6.07) is 0. The van der Waals surface area contributed by atoms with E-state index in [1.54, 1.807) is 0 Å². The maximum absolute atomic E-state index is 10.8. The molecule has 0 aliphatic carbocycles. The Bertz CT molecular complexity index is 491. The highest BCUT2D eigenvalue weighted by Gasteiger charge is 2.17. The predicted octanol–water partition coefficient (Wildman–Crippen LogP) is -1.59. The minimum atomic E-state index is -1.31. The first kappa shape index (κ1) is 15.2. The Morgan fingerprint density at radius 1 is 1.24 bits per heavy atom. The Morgan fingerprint density at radius 3 is 2.52 bits per heavy atom. The Kier molecular flexibility index (Phi) is 5.06. The normalized spacial score (nSPS) is 16.4. The molecule has 0 aromatic carbocycles. The van der Waals surface area contributed by atoms with Gasteiger partial charge in [0.2, 0.25) is 23.8 Å². The first-order valence-corrected chi connectivity index (χ1v) is 6.79. The van der Waals surface area contributed by atoms with Crippen LogP contribution in [-0.4, -0.2) is 51.7 Å². The van der Waals surface area contributed by atoms with Crippen molar-refractivity contribution >= 4 is 23.8 Å². The van der Waals surface area contributed by atoms with E-state index in [1.165, 1.54) is 6.42 Å². The third-order valence-electron chi connectivity index (χ3n) is 3.17. The second-order valence-corrected chi connectivity index (χ2v) is 4.77. The summed E-state index contributed by atoms with van der Waals surface area (Å²) >= 11 is 0. The Labute approximate surface area is 121 Å². The van der Waals surface area contributed by atoms with Gasteiger partial charge >= 0.3 is 0 Å². The van der Waals surface area contributed by atoms with Gasteiger partial charge in [0, 0.05) is 13.1 Å². The number of anilines is 3. The van der Waals surface area contributed by atoms with Crippen LogP contribution in [0.15, 0.2) is 0 Å². The second-order valence-electron chi connectivity index (χ2n) is 4.77.